The summed E-state index contributed by atoms with van der Waals surface area (Å²) in [5.41, 5.74) is 0.927. The predicted molar refractivity (Wildman–Crippen MR) is 71.1 cm³/mol. The molecule has 0 aliphatic heterocycles. The molecule has 1 aliphatic rings. The summed E-state index contributed by atoms with van der Waals surface area (Å²) < 4.78 is 12.9. The molecule has 0 aromatic heterocycles. The van der Waals surface area contributed by atoms with E-state index < -0.39 is 0 Å². The van der Waals surface area contributed by atoms with Crippen molar-refractivity contribution in [2.24, 2.45) is 5.41 Å². The lowest BCUT2D eigenvalue weighted by molar-refractivity contribution is 0.128. The molecule has 0 radical (unpaired) electrons. The molecule has 0 atom stereocenters. The number of rotatable bonds is 5. The molecule has 0 spiro atoms. The van der Waals surface area contributed by atoms with Gasteiger partial charge in [-0.25, -0.2) is 4.39 Å². The van der Waals surface area contributed by atoms with Gasteiger partial charge in [-0.1, -0.05) is 30.5 Å². The lowest BCUT2D eigenvalue weighted by Crippen LogP contribution is -2.34. The van der Waals surface area contributed by atoms with E-state index in [1.54, 1.807) is 6.07 Å². The fraction of sp³-hybridized carbons (Fsp3) is 0.571. The van der Waals surface area contributed by atoms with E-state index in [4.69, 9.17) is 11.6 Å². The van der Waals surface area contributed by atoms with Gasteiger partial charge in [0.15, 0.2) is 0 Å². The second-order valence-electron chi connectivity index (χ2n) is 5.20. The Morgan fingerprint density at radius 2 is 2.06 bits per heavy atom. The van der Waals surface area contributed by atoms with Crippen LogP contribution in [0.1, 0.15) is 31.2 Å². The van der Waals surface area contributed by atoms with Gasteiger partial charge in [-0.15, -0.1) is 0 Å². The highest BCUT2D eigenvalue weighted by molar-refractivity contribution is 6.31. The molecule has 1 aromatic carbocycles. The summed E-state index contributed by atoms with van der Waals surface area (Å²) >= 11 is 5.96. The maximum absolute atomic E-state index is 12.9. The quantitative estimate of drug-likeness (QED) is 0.862. The van der Waals surface area contributed by atoms with Crippen LogP contribution in [0.5, 0.6) is 0 Å². The van der Waals surface area contributed by atoms with Crippen molar-refractivity contribution in [3.05, 3.63) is 34.6 Å². The number of benzene rings is 1. The SMILES string of the molecule is OCC1(CNCc2ccc(F)cc2Cl)CCCC1. The fourth-order valence-corrected chi connectivity index (χ4v) is 2.88. The van der Waals surface area contributed by atoms with Gasteiger partial charge >= 0.3 is 0 Å². The third kappa shape index (κ3) is 3.22. The second-order valence-corrected chi connectivity index (χ2v) is 5.61. The summed E-state index contributed by atoms with van der Waals surface area (Å²) in [6.45, 7) is 1.63. The van der Waals surface area contributed by atoms with Crippen LogP contribution in [0.2, 0.25) is 5.02 Å². The van der Waals surface area contributed by atoms with E-state index in [-0.39, 0.29) is 17.8 Å². The molecule has 2 rings (SSSR count). The van der Waals surface area contributed by atoms with Crippen LogP contribution >= 0.6 is 11.6 Å². The molecule has 2 N–H and O–H groups in total. The molecule has 0 heterocycles. The van der Waals surface area contributed by atoms with Crippen molar-refractivity contribution in [1.29, 1.82) is 0 Å². The zero-order valence-corrected chi connectivity index (χ0v) is 11.1. The zero-order chi connectivity index (χ0) is 13.0. The molecule has 1 saturated carbocycles. The number of hydrogen-bond donors (Lipinski definition) is 2. The van der Waals surface area contributed by atoms with Crippen LogP contribution in [-0.4, -0.2) is 18.3 Å². The Kier molecular flexibility index (Phi) is 4.60. The van der Waals surface area contributed by atoms with E-state index in [0.29, 0.717) is 11.6 Å². The van der Waals surface area contributed by atoms with Crippen LogP contribution in [0, 0.1) is 11.2 Å². The molecule has 1 aliphatic carbocycles. The first-order chi connectivity index (χ1) is 8.65. The minimum absolute atomic E-state index is 0.0342. The van der Waals surface area contributed by atoms with E-state index in [1.165, 1.54) is 25.0 Å². The first-order valence-corrected chi connectivity index (χ1v) is 6.79. The molecule has 2 nitrogen and oxygen atoms in total. The largest absolute Gasteiger partial charge is 0.396 e. The highest BCUT2D eigenvalue weighted by atomic mass is 35.5. The lowest BCUT2D eigenvalue weighted by atomic mass is 9.87. The van der Waals surface area contributed by atoms with Gasteiger partial charge in [0.25, 0.3) is 0 Å². The van der Waals surface area contributed by atoms with Crippen molar-refractivity contribution in [2.75, 3.05) is 13.2 Å². The minimum Gasteiger partial charge on any atom is -0.396 e. The van der Waals surface area contributed by atoms with Gasteiger partial charge in [0.2, 0.25) is 0 Å². The summed E-state index contributed by atoms with van der Waals surface area (Å²) in [7, 11) is 0. The summed E-state index contributed by atoms with van der Waals surface area (Å²) in [5.74, 6) is -0.314. The topological polar surface area (TPSA) is 32.3 Å². The molecule has 100 valence electrons. The zero-order valence-electron chi connectivity index (χ0n) is 10.4. The minimum atomic E-state index is -0.314. The molecule has 0 saturated heterocycles. The van der Waals surface area contributed by atoms with Crippen molar-refractivity contribution < 1.29 is 9.50 Å². The summed E-state index contributed by atoms with van der Waals surface area (Å²) in [4.78, 5) is 0. The highest BCUT2D eigenvalue weighted by Gasteiger charge is 2.32. The molecule has 0 amide bonds. The van der Waals surface area contributed by atoms with E-state index in [1.807, 2.05) is 0 Å². The van der Waals surface area contributed by atoms with Crippen LogP contribution in [0.25, 0.3) is 0 Å². The van der Waals surface area contributed by atoms with Crippen molar-refractivity contribution in [1.82, 2.24) is 5.32 Å². The maximum Gasteiger partial charge on any atom is 0.124 e. The molecule has 1 fully saturated rings. The number of nitrogens with one attached hydrogen (secondary N) is 1. The monoisotopic (exact) mass is 271 g/mol. The average molecular weight is 272 g/mol. The number of hydrogen-bond acceptors (Lipinski definition) is 2. The predicted octanol–water partition coefficient (Wildman–Crippen LogP) is 3.12. The Morgan fingerprint density at radius 1 is 1.33 bits per heavy atom. The molecule has 0 bridgehead atoms. The Labute approximate surface area is 112 Å². The number of aliphatic hydroxyl groups is 1. The van der Waals surface area contributed by atoms with Gasteiger partial charge in [-0.3, -0.25) is 0 Å². The second kappa shape index (κ2) is 6.00. The Balaban J connectivity index is 1.88. The fourth-order valence-electron chi connectivity index (χ4n) is 2.64. The highest BCUT2D eigenvalue weighted by Crippen LogP contribution is 2.36. The van der Waals surface area contributed by atoms with Gasteiger partial charge in [0.05, 0.1) is 0 Å². The molecular formula is C14H19ClFNO. The first-order valence-electron chi connectivity index (χ1n) is 6.41. The van der Waals surface area contributed by atoms with E-state index in [2.05, 4.69) is 5.32 Å². The third-order valence-corrected chi connectivity index (χ3v) is 4.18. The summed E-state index contributed by atoms with van der Waals surface area (Å²) in [6, 6.07) is 4.45. The van der Waals surface area contributed by atoms with Crippen molar-refractivity contribution in [3.8, 4) is 0 Å². The van der Waals surface area contributed by atoms with Gasteiger partial charge in [-0.2, -0.15) is 0 Å². The van der Waals surface area contributed by atoms with Gasteiger partial charge in [-0.05, 0) is 30.5 Å². The first kappa shape index (κ1) is 13.8. The molecule has 18 heavy (non-hydrogen) atoms. The number of aliphatic hydroxyl groups excluding tert-OH is 1. The van der Waals surface area contributed by atoms with E-state index in [0.717, 1.165) is 24.9 Å². The standard InChI is InChI=1S/C14H19ClFNO/c15-13-7-12(16)4-3-11(13)8-17-9-14(10-18)5-1-2-6-14/h3-4,7,17-18H,1-2,5-6,8-10H2. The third-order valence-electron chi connectivity index (χ3n) is 3.83. The van der Waals surface area contributed by atoms with Gasteiger partial charge < -0.3 is 10.4 Å². The molecule has 4 heteroatoms. The summed E-state index contributed by atoms with van der Waals surface area (Å²) in [6.07, 6.45) is 4.54. The molecular weight excluding hydrogens is 253 g/mol. The number of halogens is 2. The van der Waals surface area contributed by atoms with Crippen molar-refractivity contribution in [2.45, 2.75) is 32.2 Å². The Morgan fingerprint density at radius 3 is 2.67 bits per heavy atom. The van der Waals surface area contributed by atoms with Crippen LogP contribution in [0.15, 0.2) is 18.2 Å². The molecule has 0 unspecified atom stereocenters. The van der Waals surface area contributed by atoms with Crippen LogP contribution in [0.4, 0.5) is 4.39 Å². The van der Waals surface area contributed by atoms with Crippen LogP contribution in [-0.2, 0) is 6.54 Å². The Bertz CT molecular complexity index is 405. The summed E-state index contributed by atoms with van der Waals surface area (Å²) in [5, 5.41) is 13.3. The molecule has 1 aromatic rings. The van der Waals surface area contributed by atoms with Crippen molar-refractivity contribution >= 4 is 11.6 Å². The van der Waals surface area contributed by atoms with E-state index in [9.17, 15) is 9.50 Å². The van der Waals surface area contributed by atoms with Crippen LogP contribution < -0.4 is 5.32 Å². The maximum atomic E-state index is 12.9. The van der Waals surface area contributed by atoms with Gasteiger partial charge in [0, 0.05) is 30.1 Å². The lowest BCUT2D eigenvalue weighted by Gasteiger charge is -2.26. The smallest absolute Gasteiger partial charge is 0.124 e. The normalized spacial score (nSPS) is 18.2. The average Bonchev–Trinajstić information content (AvgIpc) is 2.81. The Hall–Kier alpha value is -0.640. The van der Waals surface area contributed by atoms with Crippen molar-refractivity contribution in [3.63, 3.8) is 0 Å². The van der Waals surface area contributed by atoms with E-state index >= 15 is 0 Å². The van der Waals surface area contributed by atoms with Crippen LogP contribution in [0.3, 0.4) is 0 Å². The van der Waals surface area contributed by atoms with Gasteiger partial charge in [0.1, 0.15) is 5.82 Å².